The van der Waals surface area contributed by atoms with Gasteiger partial charge in [0.05, 0.1) is 6.54 Å². The van der Waals surface area contributed by atoms with Crippen LogP contribution < -0.4 is 10.1 Å². The van der Waals surface area contributed by atoms with Gasteiger partial charge in [0.25, 0.3) is 0 Å². The summed E-state index contributed by atoms with van der Waals surface area (Å²) in [5.41, 5.74) is 0. The first-order chi connectivity index (χ1) is 11.4. The molecular formula is C16H24F3N3O2. The Kier molecular flexibility index (Phi) is 8.99. The van der Waals surface area contributed by atoms with E-state index in [1.807, 2.05) is 42.3 Å². The Morgan fingerprint density at radius 2 is 1.92 bits per heavy atom. The van der Waals surface area contributed by atoms with E-state index >= 15 is 0 Å². The Labute approximate surface area is 140 Å². The standard InChI is InChI=1S/C16H24F3N3O2/c1-20-15(21-9-6-11-23-13-16(17,18)19)22(2)10-12-24-14-7-4-3-5-8-14/h3-5,7-8H,6,9-13H2,1-2H3,(H,20,21). The van der Waals surface area contributed by atoms with Crippen molar-refractivity contribution in [1.82, 2.24) is 10.2 Å². The smallest absolute Gasteiger partial charge is 0.411 e. The van der Waals surface area contributed by atoms with E-state index in [1.165, 1.54) is 0 Å². The van der Waals surface area contributed by atoms with E-state index < -0.39 is 12.8 Å². The van der Waals surface area contributed by atoms with Crippen molar-refractivity contribution in [2.45, 2.75) is 12.6 Å². The van der Waals surface area contributed by atoms with Crippen LogP contribution >= 0.6 is 0 Å². The lowest BCUT2D eigenvalue weighted by molar-refractivity contribution is -0.173. The lowest BCUT2D eigenvalue weighted by Crippen LogP contribution is -2.41. The number of nitrogens with one attached hydrogen (secondary N) is 1. The van der Waals surface area contributed by atoms with E-state index in [1.54, 1.807) is 7.05 Å². The Balaban J connectivity index is 2.16. The van der Waals surface area contributed by atoms with Crippen LogP contribution in [-0.2, 0) is 4.74 Å². The number of benzene rings is 1. The summed E-state index contributed by atoms with van der Waals surface area (Å²) in [5.74, 6) is 1.46. The lowest BCUT2D eigenvalue weighted by atomic mass is 10.3. The Bertz CT molecular complexity index is 481. The average molecular weight is 347 g/mol. The van der Waals surface area contributed by atoms with Crippen LogP contribution in [0, 0.1) is 0 Å². The number of aliphatic imine (C=N–C) groups is 1. The molecule has 0 amide bonds. The van der Waals surface area contributed by atoms with E-state index in [0.29, 0.717) is 32.1 Å². The third kappa shape index (κ3) is 9.24. The first-order valence-electron chi connectivity index (χ1n) is 7.66. The maximum absolute atomic E-state index is 11.9. The third-order valence-corrected chi connectivity index (χ3v) is 3.03. The molecule has 0 fully saturated rings. The highest BCUT2D eigenvalue weighted by atomic mass is 19.4. The Morgan fingerprint density at radius 3 is 2.54 bits per heavy atom. The summed E-state index contributed by atoms with van der Waals surface area (Å²) in [7, 11) is 3.51. The van der Waals surface area contributed by atoms with Crippen LogP contribution in [0.1, 0.15) is 6.42 Å². The van der Waals surface area contributed by atoms with Crippen molar-refractivity contribution in [3.8, 4) is 5.75 Å². The Hall–Kier alpha value is -1.96. The monoisotopic (exact) mass is 347 g/mol. The van der Waals surface area contributed by atoms with E-state index in [2.05, 4.69) is 15.0 Å². The number of ether oxygens (including phenoxy) is 2. The van der Waals surface area contributed by atoms with Crippen LogP contribution in [0.4, 0.5) is 13.2 Å². The van der Waals surface area contributed by atoms with Crippen molar-refractivity contribution in [2.24, 2.45) is 4.99 Å². The quantitative estimate of drug-likeness (QED) is 0.424. The fourth-order valence-corrected chi connectivity index (χ4v) is 1.87. The fourth-order valence-electron chi connectivity index (χ4n) is 1.87. The van der Waals surface area contributed by atoms with Crippen molar-refractivity contribution in [2.75, 3.05) is 47.0 Å². The molecule has 24 heavy (non-hydrogen) atoms. The largest absolute Gasteiger partial charge is 0.492 e. The number of guanidine groups is 1. The van der Waals surface area contributed by atoms with Gasteiger partial charge in [0, 0.05) is 27.2 Å². The molecule has 8 heteroatoms. The minimum absolute atomic E-state index is 0.0460. The molecule has 5 nitrogen and oxygen atoms in total. The molecule has 1 N–H and O–H groups in total. The number of likely N-dealkylation sites (N-methyl/N-ethyl adjacent to an activating group) is 1. The van der Waals surface area contributed by atoms with Gasteiger partial charge in [-0.05, 0) is 18.6 Å². The van der Waals surface area contributed by atoms with Crippen LogP contribution in [0.5, 0.6) is 5.75 Å². The van der Waals surface area contributed by atoms with Gasteiger partial charge in [0.1, 0.15) is 19.0 Å². The van der Waals surface area contributed by atoms with Crippen LogP contribution in [0.2, 0.25) is 0 Å². The summed E-state index contributed by atoms with van der Waals surface area (Å²) in [6.07, 6.45) is -3.81. The van der Waals surface area contributed by atoms with Crippen molar-refractivity contribution < 1.29 is 22.6 Å². The summed E-state index contributed by atoms with van der Waals surface area (Å²) in [6, 6.07) is 9.49. The van der Waals surface area contributed by atoms with Crippen LogP contribution in [0.3, 0.4) is 0 Å². The van der Waals surface area contributed by atoms with Gasteiger partial charge in [-0.1, -0.05) is 18.2 Å². The molecule has 0 saturated heterocycles. The SMILES string of the molecule is CN=C(NCCCOCC(F)(F)F)N(C)CCOc1ccccc1. The second-order valence-electron chi connectivity index (χ2n) is 5.08. The molecule has 0 heterocycles. The number of hydrogen-bond donors (Lipinski definition) is 1. The predicted octanol–water partition coefficient (Wildman–Crippen LogP) is 2.54. The number of hydrogen-bond acceptors (Lipinski definition) is 3. The van der Waals surface area contributed by atoms with Gasteiger partial charge in [-0.25, -0.2) is 0 Å². The summed E-state index contributed by atoms with van der Waals surface area (Å²) in [5, 5.41) is 3.07. The summed E-state index contributed by atoms with van der Waals surface area (Å²) >= 11 is 0. The molecule has 136 valence electrons. The van der Waals surface area contributed by atoms with Crippen LogP contribution in [-0.4, -0.2) is 64.0 Å². The maximum Gasteiger partial charge on any atom is 0.411 e. The van der Waals surface area contributed by atoms with E-state index in [0.717, 1.165) is 5.75 Å². The zero-order valence-corrected chi connectivity index (χ0v) is 14.0. The van der Waals surface area contributed by atoms with Crippen molar-refractivity contribution in [1.29, 1.82) is 0 Å². The molecule has 0 spiro atoms. The Morgan fingerprint density at radius 1 is 1.21 bits per heavy atom. The highest BCUT2D eigenvalue weighted by molar-refractivity contribution is 5.79. The second-order valence-corrected chi connectivity index (χ2v) is 5.08. The average Bonchev–Trinajstić information content (AvgIpc) is 2.54. The molecule has 1 rings (SSSR count). The highest BCUT2D eigenvalue weighted by Gasteiger charge is 2.27. The van der Waals surface area contributed by atoms with Gasteiger partial charge >= 0.3 is 6.18 Å². The van der Waals surface area contributed by atoms with Gasteiger partial charge in [0.15, 0.2) is 5.96 Å². The van der Waals surface area contributed by atoms with Gasteiger partial charge in [-0.2, -0.15) is 13.2 Å². The zero-order valence-electron chi connectivity index (χ0n) is 14.0. The summed E-state index contributed by atoms with van der Waals surface area (Å²) in [4.78, 5) is 6.01. The predicted molar refractivity (Wildman–Crippen MR) is 87.4 cm³/mol. The molecule has 0 saturated carbocycles. The van der Waals surface area contributed by atoms with Gasteiger partial charge < -0.3 is 19.7 Å². The molecule has 0 unspecified atom stereocenters. The molecule has 0 radical (unpaired) electrons. The van der Waals surface area contributed by atoms with Crippen molar-refractivity contribution >= 4 is 5.96 Å². The lowest BCUT2D eigenvalue weighted by Gasteiger charge is -2.22. The van der Waals surface area contributed by atoms with Crippen molar-refractivity contribution in [3.05, 3.63) is 30.3 Å². The molecular weight excluding hydrogens is 323 g/mol. The zero-order chi connectivity index (χ0) is 17.8. The summed E-state index contributed by atoms with van der Waals surface area (Å²) < 4.78 is 45.9. The maximum atomic E-state index is 11.9. The van der Waals surface area contributed by atoms with Crippen LogP contribution in [0.15, 0.2) is 35.3 Å². The number of halogens is 3. The molecule has 0 bridgehead atoms. The van der Waals surface area contributed by atoms with Gasteiger partial charge in [0.2, 0.25) is 0 Å². The first-order valence-corrected chi connectivity index (χ1v) is 7.66. The van der Waals surface area contributed by atoms with Crippen LogP contribution in [0.25, 0.3) is 0 Å². The number of nitrogens with zero attached hydrogens (tertiary/aromatic N) is 2. The molecule has 1 aromatic carbocycles. The fraction of sp³-hybridized carbons (Fsp3) is 0.562. The van der Waals surface area contributed by atoms with E-state index in [4.69, 9.17) is 4.74 Å². The van der Waals surface area contributed by atoms with E-state index in [-0.39, 0.29) is 6.61 Å². The molecule has 0 aliphatic heterocycles. The third-order valence-electron chi connectivity index (χ3n) is 3.03. The minimum atomic E-state index is -4.28. The summed E-state index contributed by atoms with van der Waals surface area (Å²) in [6.45, 7) is 0.437. The van der Waals surface area contributed by atoms with Gasteiger partial charge in [-0.3, -0.25) is 4.99 Å². The molecule has 0 aliphatic rings. The second kappa shape index (κ2) is 10.7. The normalized spacial score (nSPS) is 12.1. The van der Waals surface area contributed by atoms with Crippen molar-refractivity contribution in [3.63, 3.8) is 0 Å². The molecule has 0 atom stereocenters. The first kappa shape index (κ1) is 20.1. The molecule has 0 aliphatic carbocycles. The molecule has 1 aromatic rings. The molecule has 0 aromatic heterocycles. The number of para-hydroxylation sites is 1. The minimum Gasteiger partial charge on any atom is -0.492 e. The highest BCUT2D eigenvalue weighted by Crippen LogP contribution is 2.14. The van der Waals surface area contributed by atoms with E-state index in [9.17, 15) is 13.2 Å². The number of alkyl halides is 3. The number of rotatable bonds is 9. The topological polar surface area (TPSA) is 46.1 Å². The van der Waals surface area contributed by atoms with Gasteiger partial charge in [-0.15, -0.1) is 0 Å².